The Morgan fingerprint density at radius 2 is 2.18 bits per heavy atom. The van der Waals surface area contributed by atoms with Gasteiger partial charge in [-0.05, 0) is 51.0 Å². The molecule has 0 atom stereocenters. The molecular formula is C17H23N3O2. The summed E-state index contributed by atoms with van der Waals surface area (Å²) in [5.41, 5.74) is 2.16. The van der Waals surface area contributed by atoms with Crippen molar-refractivity contribution in [3.8, 4) is 0 Å². The third-order valence-electron chi connectivity index (χ3n) is 4.33. The fraction of sp³-hybridized carbons (Fsp3) is 0.588. The van der Waals surface area contributed by atoms with Gasteiger partial charge in [0.05, 0.1) is 5.69 Å². The summed E-state index contributed by atoms with van der Waals surface area (Å²) in [5.74, 6) is 0.340. The van der Waals surface area contributed by atoms with E-state index in [1.54, 1.807) is 6.07 Å². The van der Waals surface area contributed by atoms with Crippen LogP contribution in [0.3, 0.4) is 0 Å². The van der Waals surface area contributed by atoms with Gasteiger partial charge in [0.1, 0.15) is 6.54 Å². The van der Waals surface area contributed by atoms with E-state index in [1.165, 1.54) is 29.2 Å². The zero-order chi connectivity index (χ0) is 15.4. The summed E-state index contributed by atoms with van der Waals surface area (Å²) < 4.78 is 1.28. The van der Waals surface area contributed by atoms with Crippen molar-refractivity contribution in [3.63, 3.8) is 0 Å². The summed E-state index contributed by atoms with van der Waals surface area (Å²) in [6.07, 6.45) is 10.3. The predicted octanol–water partition coefficient (Wildman–Crippen LogP) is 2.13. The van der Waals surface area contributed by atoms with Gasteiger partial charge in [-0.2, -0.15) is 5.10 Å². The van der Waals surface area contributed by atoms with E-state index < -0.39 is 0 Å². The second-order valence-corrected chi connectivity index (χ2v) is 6.24. The Kier molecular flexibility index (Phi) is 4.71. The highest BCUT2D eigenvalue weighted by molar-refractivity contribution is 5.75. The van der Waals surface area contributed by atoms with Gasteiger partial charge in [-0.1, -0.05) is 11.6 Å². The minimum atomic E-state index is -0.213. The molecule has 3 rings (SSSR count). The molecule has 1 fully saturated rings. The van der Waals surface area contributed by atoms with E-state index in [0.717, 1.165) is 37.8 Å². The second-order valence-electron chi connectivity index (χ2n) is 6.24. The van der Waals surface area contributed by atoms with Gasteiger partial charge in [0.2, 0.25) is 5.91 Å². The minimum absolute atomic E-state index is 0.0123. The number of nitrogens with zero attached hydrogens (tertiary/aromatic N) is 2. The molecule has 22 heavy (non-hydrogen) atoms. The predicted molar refractivity (Wildman–Crippen MR) is 84.6 cm³/mol. The number of aromatic nitrogens is 2. The van der Waals surface area contributed by atoms with Gasteiger partial charge in [-0.3, -0.25) is 9.59 Å². The molecule has 1 amide bonds. The van der Waals surface area contributed by atoms with Gasteiger partial charge >= 0.3 is 0 Å². The zero-order valence-electron chi connectivity index (χ0n) is 12.9. The molecule has 1 N–H and O–H groups in total. The molecule has 1 saturated carbocycles. The monoisotopic (exact) mass is 301 g/mol. The number of hydrogen-bond donors (Lipinski definition) is 1. The van der Waals surface area contributed by atoms with E-state index in [2.05, 4.69) is 16.5 Å². The van der Waals surface area contributed by atoms with Crippen molar-refractivity contribution >= 4 is 5.91 Å². The summed E-state index contributed by atoms with van der Waals surface area (Å²) in [7, 11) is 0. The largest absolute Gasteiger partial charge is 0.354 e. The Morgan fingerprint density at radius 1 is 1.32 bits per heavy atom. The van der Waals surface area contributed by atoms with Gasteiger partial charge < -0.3 is 5.32 Å². The van der Waals surface area contributed by atoms with E-state index in [1.807, 2.05) is 0 Å². The quantitative estimate of drug-likeness (QED) is 0.819. The molecule has 0 saturated heterocycles. The molecule has 1 aromatic heterocycles. The molecule has 0 bridgehead atoms. The summed E-state index contributed by atoms with van der Waals surface area (Å²) >= 11 is 0. The van der Waals surface area contributed by atoms with Crippen molar-refractivity contribution in [2.45, 2.75) is 57.4 Å². The van der Waals surface area contributed by atoms with Crippen LogP contribution in [0, 0.1) is 0 Å². The lowest BCUT2D eigenvalue weighted by molar-refractivity contribution is -0.121. The molecular weight excluding hydrogens is 278 g/mol. The van der Waals surface area contributed by atoms with Gasteiger partial charge in [0.15, 0.2) is 0 Å². The Labute approximate surface area is 130 Å². The fourth-order valence-electron chi connectivity index (χ4n) is 2.86. The van der Waals surface area contributed by atoms with E-state index in [-0.39, 0.29) is 18.0 Å². The van der Waals surface area contributed by atoms with Crippen molar-refractivity contribution in [2.24, 2.45) is 0 Å². The van der Waals surface area contributed by atoms with Crippen LogP contribution in [0.4, 0.5) is 0 Å². The van der Waals surface area contributed by atoms with Crippen LogP contribution in [-0.2, 0) is 11.3 Å². The third-order valence-corrected chi connectivity index (χ3v) is 4.33. The summed E-state index contributed by atoms with van der Waals surface area (Å²) in [4.78, 5) is 23.8. The molecule has 118 valence electrons. The highest BCUT2D eigenvalue weighted by Gasteiger charge is 2.25. The van der Waals surface area contributed by atoms with Crippen LogP contribution in [0.2, 0.25) is 0 Å². The van der Waals surface area contributed by atoms with E-state index in [0.29, 0.717) is 12.5 Å². The highest BCUT2D eigenvalue weighted by Crippen LogP contribution is 2.38. The lowest BCUT2D eigenvalue weighted by Gasteiger charge is -2.13. The maximum Gasteiger partial charge on any atom is 0.267 e. The first-order valence-corrected chi connectivity index (χ1v) is 8.25. The van der Waals surface area contributed by atoms with Gasteiger partial charge in [0, 0.05) is 18.5 Å². The normalized spacial score (nSPS) is 17.9. The lowest BCUT2D eigenvalue weighted by atomic mass is 9.97. The average Bonchev–Trinajstić information content (AvgIpc) is 3.35. The molecule has 2 aliphatic carbocycles. The molecule has 0 aliphatic heterocycles. The molecule has 1 aromatic rings. The smallest absolute Gasteiger partial charge is 0.267 e. The van der Waals surface area contributed by atoms with Gasteiger partial charge in [-0.25, -0.2) is 4.68 Å². The lowest BCUT2D eigenvalue weighted by Crippen LogP contribution is -2.34. The Hall–Kier alpha value is -1.91. The van der Waals surface area contributed by atoms with Crippen molar-refractivity contribution in [2.75, 3.05) is 6.54 Å². The first kappa shape index (κ1) is 15.0. The first-order chi connectivity index (χ1) is 10.7. The van der Waals surface area contributed by atoms with Gasteiger partial charge in [-0.15, -0.1) is 0 Å². The Bertz CT molecular complexity index is 629. The number of carbonyl (C=O) groups is 1. The number of allylic oxidation sites excluding steroid dienone is 1. The maximum absolute atomic E-state index is 12.0. The van der Waals surface area contributed by atoms with Crippen LogP contribution in [0.15, 0.2) is 28.6 Å². The van der Waals surface area contributed by atoms with Crippen molar-refractivity contribution in [1.82, 2.24) is 15.1 Å². The molecule has 0 spiro atoms. The Balaban J connectivity index is 1.49. The number of hydrogen-bond acceptors (Lipinski definition) is 3. The van der Waals surface area contributed by atoms with E-state index in [4.69, 9.17) is 0 Å². The molecule has 0 radical (unpaired) electrons. The van der Waals surface area contributed by atoms with Crippen LogP contribution in [0.1, 0.15) is 56.6 Å². The summed E-state index contributed by atoms with van der Waals surface area (Å²) in [5, 5.41) is 7.19. The molecule has 0 unspecified atom stereocenters. The summed E-state index contributed by atoms with van der Waals surface area (Å²) in [6.45, 7) is 0.653. The van der Waals surface area contributed by atoms with Gasteiger partial charge in [0.25, 0.3) is 5.56 Å². The van der Waals surface area contributed by atoms with Crippen molar-refractivity contribution in [1.29, 1.82) is 0 Å². The molecule has 2 aliphatic rings. The Morgan fingerprint density at radius 3 is 2.91 bits per heavy atom. The van der Waals surface area contributed by atoms with Crippen LogP contribution in [0.5, 0.6) is 0 Å². The first-order valence-electron chi connectivity index (χ1n) is 8.25. The number of nitrogens with one attached hydrogen (secondary N) is 1. The standard InChI is InChI=1S/C17H23N3O2/c21-16(18-11-10-13-4-2-1-3-5-13)12-20-17(22)9-8-15(19-20)14-6-7-14/h4,8-9,14H,1-3,5-7,10-12H2,(H,18,21). The molecule has 0 aromatic carbocycles. The SMILES string of the molecule is O=C(Cn1nc(C2CC2)ccc1=O)NCCC1=CCCCC1. The fourth-order valence-corrected chi connectivity index (χ4v) is 2.86. The van der Waals surface area contributed by atoms with Crippen LogP contribution >= 0.6 is 0 Å². The van der Waals surface area contributed by atoms with Crippen LogP contribution in [0.25, 0.3) is 0 Å². The third kappa shape index (κ3) is 4.06. The minimum Gasteiger partial charge on any atom is -0.354 e. The summed E-state index contributed by atoms with van der Waals surface area (Å²) in [6, 6.07) is 3.30. The second kappa shape index (κ2) is 6.90. The molecule has 5 heteroatoms. The number of carbonyl (C=O) groups excluding carboxylic acids is 1. The van der Waals surface area contributed by atoms with Crippen molar-refractivity contribution < 1.29 is 4.79 Å². The molecule has 1 heterocycles. The topological polar surface area (TPSA) is 64.0 Å². The zero-order valence-corrected chi connectivity index (χ0v) is 12.9. The number of rotatable bonds is 6. The average molecular weight is 301 g/mol. The highest BCUT2D eigenvalue weighted by atomic mass is 16.2. The van der Waals surface area contributed by atoms with Crippen molar-refractivity contribution in [3.05, 3.63) is 39.8 Å². The maximum atomic E-state index is 12.0. The molecule has 5 nitrogen and oxygen atoms in total. The van der Waals surface area contributed by atoms with E-state index >= 15 is 0 Å². The van der Waals surface area contributed by atoms with E-state index in [9.17, 15) is 9.59 Å². The van der Waals surface area contributed by atoms with Crippen LogP contribution in [-0.4, -0.2) is 22.2 Å². The number of amides is 1. The van der Waals surface area contributed by atoms with Crippen LogP contribution < -0.4 is 10.9 Å².